The van der Waals surface area contributed by atoms with Crippen LogP contribution >= 0.6 is 0 Å². The SMILES string of the molecule is CC(C)(O)c1ccc(Oc2ccc3c(c2)c(=O)ncn3Cc2c(F)cc(F)cc2F)cc1.O=Cc1ccc(Oc2ccc3c(c2)C(=O)NCN3Cc2c(F)cc(F)cc2F)cc1.O=Cc1ccc(Oc2ccc3c(c2)C(=O)NCN3Cc2c(F)cc(F)cc2F)cc1.O=Cc1ccc(Oc2ccc3c(c2)C(=O)NCN3Cc2c(F)cc(F)cc2F)cc1. The molecule has 32 heteroatoms. The maximum Gasteiger partial charge on any atom is 0.280 e. The lowest BCUT2D eigenvalue weighted by Gasteiger charge is -2.31. The highest BCUT2D eigenvalue weighted by Gasteiger charge is 2.30. The largest absolute Gasteiger partial charge is 0.457 e. The van der Waals surface area contributed by atoms with Gasteiger partial charge in [0.25, 0.3) is 23.3 Å². The van der Waals surface area contributed by atoms with Gasteiger partial charge in [0.15, 0.2) is 0 Å². The summed E-state index contributed by atoms with van der Waals surface area (Å²) in [7, 11) is 0. The Bertz CT molecular complexity index is 5740. The molecule has 1 aromatic heterocycles. The van der Waals surface area contributed by atoms with Crippen molar-refractivity contribution in [2.24, 2.45) is 0 Å². The smallest absolute Gasteiger partial charge is 0.280 e. The van der Waals surface area contributed by atoms with Crippen LogP contribution in [0.5, 0.6) is 46.0 Å². The summed E-state index contributed by atoms with van der Waals surface area (Å²) in [6, 6.07) is 50.0. The van der Waals surface area contributed by atoms with E-state index in [4.69, 9.17) is 18.9 Å². The monoisotopic (exact) mass is 1680 g/mol. The molecular weight excluding hydrogens is 1610 g/mol. The molecule has 0 radical (unpaired) electrons. The summed E-state index contributed by atoms with van der Waals surface area (Å²) < 4.78 is 189. The first-order valence-corrected chi connectivity index (χ1v) is 36.7. The lowest BCUT2D eigenvalue weighted by atomic mass is 9.99. The molecule has 12 aromatic carbocycles. The van der Waals surface area contributed by atoms with Crippen LogP contribution in [-0.2, 0) is 31.8 Å². The number of hydrogen-bond donors (Lipinski definition) is 4. The van der Waals surface area contributed by atoms with Gasteiger partial charge in [-0.1, -0.05) is 12.1 Å². The number of nitrogens with one attached hydrogen (secondary N) is 3. The summed E-state index contributed by atoms with van der Waals surface area (Å²) in [5, 5.41) is 18.2. The van der Waals surface area contributed by atoms with Gasteiger partial charge in [-0.2, -0.15) is 4.98 Å². The standard InChI is InChI=1S/C24H19F3N2O3.3C22H15F3N2O3/c1-24(2,31)14-3-5-16(6-4-14)32-17-7-8-22-18(11-17)23(30)28-13-29(22)12-19-20(26)9-15(25)10-21(19)27;3*23-14-7-19(24)18(20(25)8-14)10-27-12-26-22(29)17-9-16(5-6-21(17)27)30-15-3-1-13(11-28)2-4-15/h3-11,13,31H,12H2,1-2H3;3*1-9,11H,10,12H2,(H,26,29). The van der Waals surface area contributed by atoms with E-state index < -0.39 is 81.0 Å². The van der Waals surface area contributed by atoms with Crippen LogP contribution in [0.1, 0.15) is 104 Å². The molecule has 3 amide bonds. The second-order valence-electron chi connectivity index (χ2n) is 27.9. The number of aldehydes is 3. The highest BCUT2D eigenvalue weighted by Crippen LogP contribution is 2.38. The van der Waals surface area contributed by atoms with Crippen LogP contribution < -0.4 is 55.2 Å². The van der Waals surface area contributed by atoms with Gasteiger partial charge in [0.1, 0.15) is 135 Å². The van der Waals surface area contributed by atoms with Gasteiger partial charge in [0.2, 0.25) is 0 Å². The number of fused-ring (bicyclic) bond motifs is 4. The van der Waals surface area contributed by atoms with Gasteiger partial charge < -0.3 is 59.3 Å². The van der Waals surface area contributed by atoms with Crippen molar-refractivity contribution in [3.8, 4) is 46.0 Å². The van der Waals surface area contributed by atoms with Crippen molar-refractivity contribution in [3.63, 3.8) is 0 Å². The molecule has 3 aliphatic heterocycles. The Kier molecular flexibility index (Phi) is 25.6. The van der Waals surface area contributed by atoms with Crippen LogP contribution in [0.25, 0.3) is 10.9 Å². The minimum Gasteiger partial charge on any atom is -0.457 e. The number of nitrogens with zero attached hydrogens (tertiary/aromatic N) is 5. The van der Waals surface area contributed by atoms with Crippen molar-refractivity contribution >= 4 is 64.5 Å². The average Bonchev–Trinajstić information content (AvgIpc) is 0.796. The number of halogens is 12. The molecule has 620 valence electrons. The Morgan fingerprint density at radius 1 is 0.352 bits per heavy atom. The zero-order valence-electron chi connectivity index (χ0n) is 63.8. The molecule has 4 N–H and O–H groups in total. The molecule has 0 atom stereocenters. The van der Waals surface area contributed by atoms with Crippen LogP contribution in [-0.4, -0.2) is 71.2 Å². The van der Waals surface area contributed by atoms with E-state index in [0.717, 1.165) is 5.56 Å². The number of ether oxygens (including phenoxy) is 4. The number of hydrogen-bond acceptors (Lipinski definition) is 16. The second-order valence-corrected chi connectivity index (χ2v) is 27.9. The van der Waals surface area contributed by atoms with E-state index in [1.165, 1.54) is 35.2 Å². The van der Waals surface area contributed by atoms with Gasteiger partial charge in [-0.15, -0.1) is 0 Å². The van der Waals surface area contributed by atoms with Crippen molar-refractivity contribution in [1.29, 1.82) is 0 Å². The third-order valence-electron chi connectivity index (χ3n) is 19.1. The summed E-state index contributed by atoms with van der Waals surface area (Å²) in [4.78, 5) is 90.0. The highest BCUT2D eigenvalue weighted by molar-refractivity contribution is 6.03. The van der Waals surface area contributed by atoms with Gasteiger partial charge in [-0.3, -0.25) is 33.6 Å². The fourth-order valence-corrected chi connectivity index (χ4v) is 12.9. The Balaban J connectivity index is 0.000000140. The molecule has 0 unspecified atom stereocenters. The first kappa shape index (κ1) is 84.8. The van der Waals surface area contributed by atoms with E-state index in [1.807, 2.05) is 0 Å². The molecule has 0 spiro atoms. The number of amides is 3. The number of carbonyl (C=O) groups is 6. The van der Waals surface area contributed by atoms with Crippen LogP contribution in [0.2, 0.25) is 0 Å². The normalized spacial score (nSPS) is 12.6. The fourth-order valence-electron chi connectivity index (χ4n) is 12.9. The van der Waals surface area contributed by atoms with Crippen LogP contribution in [0.3, 0.4) is 0 Å². The Morgan fingerprint density at radius 3 is 0.902 bits per heavy atom. The fraction of sp³-hybridized carbons (Fsp3) is 0.111. The van der Waals surface area contributed by atoms with E-state index in [9.17, 15) is 91.4 Å². The molecule has 4 heterocycles. The van der Waals surface area contributed by atoms with Crippen LogP contribution in [0.15, 0.2) is 230 Å². The Labute approximate surface area is 685 Å². The number of carbonyl (C=O) groups excluding carboxylic acids is 6. The number of anilines is 3. The van der Waals surface area contributed by atoms with E-state index in [0.29, 0.717) is 153 Å². The molecule has 0 saturated heterocycles. The number of rotatable bonds is 20. The summed E-state index contributed by atoms with van der Waals surface area (Å²) in [5.41, 5.74) is 2.07. The lowest BCUT2D eigenvalue weighted by Crippen LogP contribution is -2.43. The Hall–Kier alpha value is -15.1. The van der Waals surface area contributed by atoms with E-state index in [1.54, 1.807) is 174 Å². The number of aromatic nitrogens is 2. The zero-order chi connectivity index (χ0) is 86.8. The van der Waals surface area contributed by atoms with Crippen molar-refractivity contribution in [1.82, 2.24) is 25.5 Å². The van der Waals surface area contributed by atoms with Crippen molar-refractivity contribution in [2.75, 3.05) is 34.7 Å². The van der Waals surface area contributed by atoms with Crippen molar-refractivity contribution < 1.29 is 106 Å². The molecule has 20 nitrogen and oxygen atoms in total. The van der Waals surface area contributed by atoms with E-state index >= 15 is 0 Å². The summed E-state index contributed by atoms with van der Waals surface area (Å²) >= 11 is 0. The third-order valence-corrected chi connectivity index (χ3v) is 19.1. The molecule has 16 rings (SSSR count). The van der Waals surface area contributed by atoms with Gasteiger partial charge in [-0.05, 0) is 177 Å². The molecule has 13 aromatic rings. The molecule has 0 aliphatic carbocycles. The maximum atomic E-state index is 14.1. The predicted molar refractivity (Wildman–Crippen MR) is 423 cm³/mol. The lowest BCUT2D eigenvalue weighted by molar-refractivity contribution is 0.0784. The zero-order valence-corrected chi connectivity index (χ0v) is 63.8. The summed E-state index contributed by atoms with van der Waals surface area (Å²) in [6.07, 6.45) is 3.33. The third kappa shape index (κ3) is 20.2. The number of benzene rings is 12. The molecule has 3 aliphatic rings. The number of aliphatic hydroxyl groups is 1. The van der Waals surface area contributed by atoms with Gasteiger partial charge in [0, 0.05) is 87.5 Å². The highest BCUT2D eigenvalue weighted by atomic mass is 19.2. The minimum atomic E-state index is -1.02. The molecule has 0 saturated carbocycles. The second kappa shape index (κ2) is 36.8. The quantitative estimate of drug-likeness (QED) is 0.0410. The van der Waals surface area contributed by atoms with E-state index in [2.05, 4.69) is 20.9 Å². The summed E-state index contributed by atoms with van der Waals surface area (Å²) in [5.74, 6) is -9.67. The molecule has 122 heavy (non-hydrogen) atoms. The minimum absolute atomic E-state index is 0.0372. The van der Waals surface area contributed by atoms with Crippen LogP contribution in [0.4, 0.5) is 69.7 Å². The summed E-state index contributed by atoms with van der Waals surface area (Å²) in [6.45, 7) is 2.60. The van der Waals surface area contributed by atoms with Gasteiger partial charge >= 0.3 is 0 Å². The first-order chi connectivity index (χ1) is 58.4. The van der Waals surface area contributed by atoms with E-state index in [-0.39, 0.29) is 108 Å². The van der Waals surface area contributed by atoms with Crippen molar-refractivity contribution in [2.45, 2.75) is 45.6 Å². The van der Waals surface area contributed by atoms with Crippen molar-refractivity contribution in [3.05, 3.63) is 366 Å². The first-order valence-electron chi connectivity index (χ1n) is 36.7. The predicted octanol–water partition coefficient (Wildman–Crippen LogP) is 18.1. The average molecular weight is 1680 g/mol. The molecule has 0 fully saturated rings. The Morgan fingerprint density at radius 2 is 0.615 bits per heavy atom. The van der Waals surface area contributed by atoms with Crippen LogP contribution in [0, 0.1) is 69.8 Å². The maximum absolute atomic E-state index is 14.1. The topological polar surface area (TPSA) is 240 Å². The van der Waals surface area contributed by atoms with Gasteiger partial charge in [-0.25, -0.2) is 52.7 Å². The molecule has 0 bridgehead atoms. The van der Waals surface area contributed by atoms with Gasteiger partial charge in [0.05, 0.1) is 103 Å². The molecular formula is C90H64F12N8O12.